The Morgan fingerprint density at radius 1 is 0.864 bits per heavy atom. The van der Waals surface area contributed by atoms with Gasteiger partial charge in [0.2, 0.25) is 5.91 Å². The summed E-state index contributed by atoms with van der Waals surface area (Å²) in [5.41, 5.74) is 3.91. The van der Waals surface area contributed by atoms with Gasteiger partial charge in [-0.15, -0.1) is 0 Å². The second-order valence-corrected chi connectivity index (χ2v) is 12.4. The van der Waals surface area contributed by atoms with Crippen molar-refractivity contribution in [2.24, 2.45) is 0 Å². The van der Waals surface area contributed by atoms with Gasteiger partial charge in [-0.05, 0) is 65.6 Å². The molecule has 2 heterocycles. The van der Waals surface area contributed by atoms with Crippen molar-refractivity contribution in [3.8, 4) is 0 Å². The molecule has 44 heavy (non-hydrogen) atoms. The zero-order valence-electron chi connectivity index (χ0n) is 26.0. The van der Waals surface area contributed by atoms with E-state index in [1.165, 1.54) is 12.1 Å². The molecule has 0 bridgehead atoms. The SMILES string of the molecule is CC(C)c1cccc(C(C)C)c1NC(=O)N1CCC2(CC1)C(=O)N(CC(=O)NCc1ccc(F)cc1)CN2c1ccccc1. The van der Waals surface area contributed by atoms with E-state index in [9.17, 15) is 18.8 Å². The Hall–Kier alpha value is -4.40. The maximum absolute atomic E-state index is 14.1. The van der Waals surface area contributed by atoms with Crippen molar-refractivity contribution in [2.45, 2.75) is 64.5 Å². The van der Waals surface area contributed by atoms with Gasteiger partial charge in [-0.25, -0.2) is 9.18 Å². The summed E-state index contributed by atoms with van der Waals surface area (Å²) >= 11 is 0. The van der Waals surface area contributed by atoms with Crippen molar-refractivity contribution in [1.82, 2.24) is 15.1 Å². The molecule has 0 aliphatic carbocycles. The number of halogens is 1. The fourth-order valence-electron chi connectivity index (χ4n) is 6.32. The molecule has 0 saturated carbocycles. The van der Waals surface area contributed by atoms with Crippen LogP contribution in [0, 0.1) is 5.82 Å². The summed E-state index contributed by atoms with van der Waals surface area (Å²) in [6.45, 7) is 9.75. The molecular weight excluding hydrogens is 557 g/mol. The minimum Gasteiger partial charge on any atom is -0.350 e. The maximum Gasteiger partial charge on any atom is 0.321 e. The predicted octanol–water partition coefficient (Wildman–Crippen LogP) is 6.06. The Kier molecular flexibility index (Phi) is 9.22. The van der Waals surface area contributed by atoms with Crippen molar-refractivity contribution in [3.05, 3.63) is 95.3 Å². The standard InChI is InChI=1S/C35H42FN5O3/c1-24(2)29-11-8-12-30(25(3)4)32(29)38-34(44)39-19-17-35(18-20-39)33(43)40(23-41(35)28-9-6-5-7-10-28)22-31(42)37-21-26-13-15-27(36)16-14-26/h5-16,24-25H,17-23H2,1-4H3,(H,37,42)(H,38,44). The first kappa shape index (κ1) is 31.0. The van der Waals surface area contributed by atoms with E-state index >= 15 is 0 Å². The van der Waals surface area contributed by atoms with E-state index in [4.69, 9.17) is 0 Å². The Morgan fingerprint density at radius 2 is 1.48 bits per heavy atom. The third kappa shape index (κ3) is 6.42. The minimum absolute atomic E-state index is 0.0841. The van der Waals surface area contributed by atoms with Gasteiger partial charge < -0.3 is 25.3 Å². The van der Waals surface area contributed by atoms with Gasteiger partial charge >= 0.3 is 6.03 Å². The van der Waals surface area contributed by atoms with Crippen LogP contribution in [0.3, 0.4) is 0 Å². The molecule has 9 heteroatoms. The van der Waals surface area contributed by atoms with E-state index < -0.39 is 5.54 Å². The lowest BCUT2D eigenvalue weighted by molar-refractivity contribution is -0.137. The van der Waals surface area contributed by atoms with Crippen LogP contribution < -0.4 is 15.5 Å². The van der Waals surface area contributed by atoms with Crippen LogP contribution in [-0.4, -0.2) is 59.5 Å². The number of amides is 4. The first-order chi connectivity index (χ1) is 21.1. The number of benzene rings is 3. The van der Waals surface area contributed by atoms with Crippen LogP contribution in [-0.2, 0) is 16.1 Å². The van der Waals surface area contributed by atoms with Crippen LogP contribution in [0.25, 0.3) is 0 Å². The number of rotatable bonds is 8. The topological polar surface area (TPSA) is 85.0 Å². The highest BCUT2D eigenvalue weighted by molar-refractivity contribution is 5.97. The lowest BCUT2D eigenvalue weighted by atomic mass is 9.85. The van der Waals surface area contributed by atoms with Gasteiger partial charge in [-0.3, -0.25) is 9.59 Å². The van der Waals surface area contributed by atoms with Crippen LogP contribution in [0.4, 0.5) is 20.6 Å². The summed E-state index contributed by atoms with van der Waals surface area (Å²) in [4.78, 5) is 46.0. The highest BCUT2D eigenvalue weighted by Gasteiger charge is 2.54. The maximum atomic E-state index is 14.1. The lowest BCUT2D eigenvalue weighted by Crippen LogP contribution is -2.58. The third-order valence-electron chi connectivity index (χ3n) is 8.80. The van der Waals surface area contributed by atoms with Crippen LogP contribution in [0.1, 0.15) is 69.1 Å². The number of hydrogen-bond acceptors (Lipinski definition) is 4. The lowest BCUT2D eigenvalue weighted by Gasteiger charge is -2.43. The van der Waals surface area contributed by atoms with Crippen LogP contribution >= 0.6 is 0 Å². The monoisotopic (exact) mass is 599 g/mol. The van der Waals surface area contributed by atoms with E-state index in [1.807, 2.05) is 36.4 Å². The van der Waals surface area contributed by atoms with E-state index in [-0.39, 0.29) is 55.3 Å². The quantitative estimate of drug-likeness (QED) is 0.330. The molecule has 0 unspecified atom stereocenters. The zero-order valence-corrected chi connectivity index (χ0v) is 26.0. The average Bonchev–Trinajstić information content (AvgIpc) is 3.27. The third-order valence-corrected chi connectivity index (χ3v) is 8.80. The number of hydrogen-bond donors (Lipinski definition) is 2. The molecule has 0 aromatic heterocycles. The first-order valence-corrected chi connectivity index (χ1v) is 15.4. The molecule has 2 fully saturated rings. The Balaban J connectivity index is 1.30. The van der Waals surface area contributed by atoms with E-state index in [0.717, 1.165) is 28.1 Å². The average molecular weight is 600 g/mol. The molecule has 232 valence electrons. The number of nitrogens with zero attached hydrogens (tertiary/aromatic N) is 3. The molecule has 2 N–H and O–H groups in total. The highest BCUT2D eigenvalue weighted by atomic mass is 19.1. The molecule has 8 nitrogen and oxygen atoms in total. The fourth-order valence-corrected chi connectivity index (χ4v) is 6.32. The van der Waals surface area contributed by atoms with Gasteiger partial charge in [0.25, 0.3) is 5.91 Å². The summed E-state index contributed by atoms with van der Waals surface area (Å²) in [5, 5.41) is 6.06. The number of para-hydroxylation sites is 2. The molecule has 0 radical (unpaired) electrons. The van der Waals surface area contributed by atoms with Crippen molar-refractivity contribution < 1.29 is 18.8 Å². The number of carbonyl (C=O) groups is 3. The summed E-state index contributed by atoms with van der Waals surface area (Å²) in [7, 11) is 0. The second kappa shape index (κ2) is 13.1. The summed E-state index contributed by atoms with van der Waals surface area (Å²) in [6, 6.07) is 21.7. The van der Waals surface area contributed by atoms with Crippen molar-refractivity contribution >= 4 is 29.2 Å². The molecular formula is C35H42FN5O3. The van der Waals surface area contributed by atoms with Crippen molar-refractivity contribution in [2.75, 3.05) is 36.5 Å². The first-order valence-electron chi connectivity index (χ1n) is 15.4. The summed E-state index contributed by atoms with van der Waals surface area (Å²) in [5.74, 6) is -0.218. The molecule has 2 aliphatic rings. The van der Waals surface area contributed by atoms with Gasteiger partial charge in [0.15, 0.2) is 0 Å². The minimum atomic E-state index is -0.853. The van der Waals surface area contributed by atoms with Crippen molar-refractivity contribution in [1.29, 1.82) is 0 Å². The normalized spacial score (nSPS) is 16.2. The number of urea groups is 1. The Morgan fingerprint density at radius 3 is 2.07 bits per heavy atom. The molecule has 2 saturated heterocycles. The highest BCUT2D eigenvalue weighted by Crippen LogP contribution is 2.40. The number of carbonyl (C=O) groups excluding carboxylic acids is 3. The number of likely N-dealkylation sites (tertiary alicyclic amines) is 1. The Labute approximate surface area is 259 Å². The summed E-state index contributed by atoms with van der Waals surface area (Å²) in [6.07, 6.45) is 0.898. The van der Waals surface area contributed by atoms with Crippen molar-refractivity contribution in [3.63, 3.8) is 0 Å². The molecule has 1 spiro atoms. The molecule has 0 atom stereocenters. The van der Waals surface area contributed by atoms with Crippen LogP contribution in [0.5, 0.6) is 0 Å². The van der Waals surface area contributed by atoms with E-state index in [2.05, 4.69) is 55.4 Å². The van der Waals surface area contributed by atoms with E-state index in [1.54, 1.807) is 21.9 Å². The smallest absolute Gasteiger partial charge is 0.321 e. The van der Waals surface area contributed by atoms with Gasteiger partial charge in [0.1, 0.15) is 17.9 Å². The fraction of sp³-hybridized carbons (Fsp3) is 0.400. The molecule has 5 rings (SSSR count). The van der Waals surface area contributed by atoms with Gasteiger partial charge in [-0.1, -0.05) is 76.2 Å². The van der Waals surface area contributed by atoms with Crippen LogP contribution in [0.2, 0.25) is 0 Å². The zero-order chi connectivity index (χ0) is 31.4. The van der Waals surface area contributed by atoms with Gasteiger partial charge in [-0.2, -0.15) is 0 Å². The molecule has 3 aromatic rings. The van der Waals surface area contributed by atoms with Crippen LogP contribution in [0.15, 0.2) is 72.8 Å². The Bertz CT molecular complexity index is 1460. The van der Waals surface area contributed by atoms with Gasteiger partial charge in [0.05, 0.1) is 6.67 Å². The molecule has 2 aliphatic heterocycles. The number of nitrogens with one attached hydrogen (secondary N) is 2. The molecule has 4 amide bonds. The number of piperidine rings is 1. The second-order valence-electron chi connectivity index (χ2n) is 12.4. The molecule has 3 aromatic carbocycles. The van der Waals surface area contributed by atoms with E-state index in [0.29, 0.717) is 25.9 Å². The van der Waals surface area contributed by atoms with Gasteiger partial charge in [0, 0.05) is 31.0 Å². The summed E-state index contributed by atoms with van der Waals surface area (Å²) < 4.78 is 13.2. The number of anilines is 2. The predicted molar refractivity (Wildman–Crippen MR) is 171 cm³/mol. The largest absolute Gasteiger partial charge is 0.350 e.